The van der Waals surface area contributed by atoms with Crippen molar-refractivity contribution in [2.45, 2.75) is 122 Å². The van der Waals surface area contributed by atoms with Crippen LogP contribution in [0.2, 0.25) is 5.02 Å². The van der Waals surface area contributed by atoms with Crippen molar-refractivity contribution >= 4 is 75.0 Å². The highest BCUT2D eigenvalue weighted by atomic mass is 35.5. The Balaban J connectivity index is 0.721. The summed E-state index contributed by atoms with van der Waals surface area (Å²) in [6.07, 6.45) is -3.39. The van der Waals surface area contributed by atoms with Crippen molar-refractivity contribution in [3.05, 3.63) is 108 Å². The molecule has 492 valence electrons. The van der Waals surface area contributed by atoms with Gasteiger partial charge in [0.05, 0.1) is 62.9 Å². The zero-order valence-electron chi connectivity index (χ0n) is 51.9. The molecule has 12 rings (SSSR count). The van der Waals surface area contributed by atoms with Crippen molar-refractivity contribution in [2.75, 3.05) is 83.8 Å². The largest absolute Gasteiger partial charge is 0.462 e. The molecule has 1 aliphatic carbocycles. The number of benzene rings is 2. The van der Waals surface area contributed by atoms with E-state index >= 15 is 8.78 Å². The summed E-state index contributed by atoms with van der Waals surface area (Å²) in [5.74, 6) is -3.90. The molecular formula is C64H68ClF5N12O11. The van der Waals surface area contributed by atoms with Gasteiger partial charge in [-0.3, -0.25) is 14.4 Å². The molecule has 2 aromatic carbocycles. The quantitative estimate of drug-likeness (QED) is 0.0406. The first-order valence-corrected chi connectivity index (χ1v) is 31.1. The number of ether oxygens (including phenoxy) is 4. The second-order valence-electron chi connectivity index (χ2n) is 24.7. The van der Waals surface area contributed by atoms with Crippen LogP contribution in [0.4, 0.5) is 43.2 Å². The third kappa shape index (κ3) is 11.3. The van der Waals surface area contributed by atoms with Crippen LogP contribution in [0.1, 0.15) is 103 Å². The Kier molecular flexibility index (Phi) is 17.0. The minimum atomic E-state index is -4.96. The number of anilines is 2. The van der Waals surface area contributed by atoms with Gasteiger partial charge in [-0.05, 0) is 120 Å². The van der Waals surface area contributed by atoms with Gasteiger partial charge in [0.1, 0.15) is 49.4 Å². The number of fused-ring (bicyclic) bond motifs is 6. The molecule has 0 saturated carbocycles. The number of nitrogens with two attached hydrogens (primary N) is 1. The fraction of sp³-hybridized carbons (Fsp3) is 0.469. The van der Waals surface area contributed by atoms with E-state index in [2.05, 4.69) is 26.8 Å². The number of likely N-dealkylation sites (N-methyl/N-ethyl adjacent to an activating group) is 2. The molecule has 0 unspecified atom stereocenters. The lowest BCUT2D eigenvalue weighted by molar-refractivity contribution is -0.173. The minimum Gasteiger partial charge on any atom is -0.462 e. The zero-order valence-corrected chi connectivity index (χ0v) is 52.7. The average molecular weight is 1310 g/mol. The topological polar surface area (TPSA) is 270 Å². The van der Waals surface area contributed by atoms with Crippen LogP contribution < -0.4 is 26.2 Å². The summed E-state index contributed by atoms with van der Waals surface area (Å²) >= 11 is 6.72. The highest BCUT2D eigenvalue weighted by molar-refractivity contribution is 6.34. The molecule has 6 aliphatic rings. The lowest BCUT2D eigenvalue weighted by Crippen LogP contribution is -2.54. The molecule has 0 radical (unpaired) electrons. The number of halogens is 6. The van der Waals surface area contributed by atoms with E-state index in [0.717, 1.165) is 31.0 Å². The summed E-state index contributed by atoms with van der Waals surface area (Å²) in [7, 11) is 3.36. The van der Waals surface area contributed by atoms with E-state index in [-0.39, 0.29) is 120 Å². The fourth-order valence-corrected chi connectivity index (χ4v) is 14.5. The zero-order chi connectivity index (χ0) is 66.4. The molecule has 5 atom stereocenters. The van der Waals surface area contributed by atoms with Crippen LogP contribution >= 0.6 is 11.6 Å². The SMILES string of the molecule is C=C(COC(=O)N1CCC[C@@H]1CN(C)C(=O)O[C@]1(CC)C(=O)OCc2c1cc1n(c2=O)Cc2c-1nc1cc(F)c(C)c3c1c2[C@@H](NC(=O)CO)CC3)C(=O)N1CCN(c2nc(OC[C@@H]3CCCN3C)nc3c(F)c(-c4nc(N)cc(C)c4C(F)(F)F)c(Cl)cc23)[C@@H](C)C1. The summed E-state index contributed by atoms with van der Waals surface area (Å²) in [6, 6.07) is 3.18. The maximum atomic E-state index is 17.1. The molecule has 3 saturated heterocycles. The Morgan fingerprint density at radius 1 is 0.968 bits per heavy atom. The molecule has 23 nitrogen and oxygen atoms in total. The Hall–Kier alpha value is -8.76. The lowest BCUT2D eigenvalue weighted by atomic mass is 9.81. The van der Waals surface area contributed by atoms with E-state index in [0.29, 0.717) is 53.5 Å². The number of carbonyl (C=O) groups excluding carboxylic acids is 5. The molecule has 0 spiro atoms. The van der Waals surface area contributed by atoms with Crippen LogP contribution in [0.25, 0.3) is 44.5 Å². The first-order valence-electron chi connectivity index (χ1n) is 30.7. The highest BCUT2D eigenvalue weighted by Crippen LogP contribution is 2.48. The van der Waals surface area contributed by atoms with Gasteiger partial charge in [0.2, 0.25) is 11.5 Å². The van der Waals surface area contributed by atoms with Gasteiger partial charge >= 0.3 is 30.3 Å². The summed E-state index contributed by atoms with van der Waals surface area (Å²) < 4.78 is 101. The second kappa shape index (κ2) is 24.6. The average Bonchev–Trinajstić information content (AvgIpc) is 1.63. The number of likely N-dealkylation sites (tertiary alicyclic amines) is 2. The van der Waals surface area contributed by atoms with E-state index in [1.807, 2.05) is 7.05 Å². The number of amides is 4. The smallest absolute Gasteiger partial charge is 0.418 e. The number of aryl methyl sites for hydroxylation is 2. The number of aliphatic hydroxyl groups excluding tert-OH is 1. The number of nitrogen functional groups attached to an aromatic ring is 1. The number of aliphatic hydroxyl groups is 1. The predicted molar refractivity (Wildman–Crippen MR) is 329 cm³/mol. The van der Waals surface area contributed by atoms with Crippen LogP contribution in [0.15, 0.2) is 41.2 Å². The summed E-state index contributed by atoms with van der Waals surface area (Å²) in [4.78, 5) is 109. The number of cyclic esters (lactones) is 1. The number of esters is 1. The lowest BCUT2D eigenvalue weighted by Gasteiger charge is -2.41. The van der Waals surface area contributed by atoms with Crippen molar-refractivity contribution in [2.24, 2.45) is 0 Å². The summed E-state index contributed by atoms with van der Waals surface area (Å²) in [5.41, 5.74) is 3.22. The summed E-state index contributed by atoms with van der Waals surface area (Å²) in [5, 5.41) is 12.8. The maximum absolute atomic E-state index is 17.1. The Labute approximate surface area is 534 Å². The van der Waals surface area contributed by atoms with Gasteiger partial charge < -0.3 is 64.2 Å². The van der Waals surface area contributed by atoms with Crippen molar-refractivity contribution in [1.82, 2.24) is 49.4 Å². The van der Waals surface area contributed by atoms with Gasteiger partial charge in [-0.15, -0.1) is 0 Å². The van der Waals surface area contributed by atoms with E-state index < -0.39 is 119 Å². The number of aromatic nitrogens is 5. The monoisotopic (exact) mass is 1310 g/mol. The van der Waals surface area contributed by atoms with Crippen molar-refractivity contribution in [1.29, 1.82) is 0 Å². The molecule has 93 heavy (non-hydrogen) atoms. The van der Waals surface area contributed by atoms with E-state index in [4.69, 9.17) is 46.3 Å². The number of piperazine rings is 1. The number of alkyl halides is 3. The van der Waals surface area contributed by atoms with Gasteiger partial charge in [0.25, 0.3) is 11.5 Å². The van der Waals surface area contributed by atoms with Gasteiger partial charge in [-0.2, -0.15) is 23.1 Å². The van der Waals surface area contributed by atoms with Crippen LogP contribution in [0.3, 0.4) is 0 Å². The number of pyridine rings is 3. The molecule has 4 aromatic heterocycles. The third-order valence-corrected chi connectivity index (χ3v) is 19.3. The standard InChI is InChI=1S/C64H68ClF5N12O11/c1-8-63(40-21-45-53-38(25-82(45)58(86)39(40)29-90-59(63)87)49-43(72-47(84)26-83)14-13-36-33(5)42(66)22-44(73-53)48(36)49)93-61(88)78(7)24-34-11-10-16-81(34)62(89)92-27-31(3)57(85)79-17-18-80(32(4)23-79)56-37-20-41(65)50(55-51(64(68,69)70)30(2)19-46(71)74-55)52(67)54(37)75-60(76-56)91-28-35-12-9-15-77(35)6/h19-22,32,34-35,43,83H,3,8-18,23-29H2,1-2,4-7H3,(H2,71,74)(H,72,84)/t32-,34+,35-,43-,63-/m0/s1. The van der Waals surface area contributed by atoms with E-state index in [1.54, 1.807) is 31.7 Å². The van der Waals surface area contributed by atoms with Crippen LogP contribution in [-0.2, 0) is 59.9 Å². The number of nitrogens with one attached hydrogen (secondary N) is 1. The van der Waals surface area contributed by atoms with Gasteiger partial charge in [0, 0.05) is 85.4 Å². The fourth-order valence-electron chi connectivity index (χ4n) is 14.2. The number of rotatable bonds is 14. The number of hydrogen-bond donors (Lipinski definition) is 3. The third-order valence-electron chi connectivity index (χ3n) is 19.0. The molecule has 5 aliphatic heterocycles. The molecule has 3 fully saturated rings. The molecule has 4 N–H and O–H groups in total. The predicted octanol–water partition coefficient (Wildman–Crippen LogP) is 7.77. The highest BCUT2D eigenvalue weighted by Gasteiger charge is 2.52. The molecule has 4 amide bonds. The van der Waals surface area contributed by atoms with E-state index in [9.17, 15) is 47.0 Å². The normalized spacial score (nSPS) is 21.0. The summed E-state index contributed by atoms with van der Waals surface area (Å²) in [6.45, 7) is 9.86. The molecule has 29 heteroatoms. The van der Waals surface area contributed by atoms with Crippen LogP contribution in [0.5, 0.6) is 6.01 Å². The van der Waals surface area contributed by atoms with Crippen molar-refractivity contribution in [3.63, 3.8) is 0 Å². The van der Waals surface area contributed by atoms with Gasteiger partial charge in [-0.25, -0.2) is 33.1 Å². The molecular weight excluding hydrogens is 1240 g/mol. The second-order valence-corrected chi connectivity index (χ2v) is 25.1. The first-order chi connectivity index (χ1) is 44.2. The Morgan fingerprint density at radius 3 is 2.43 bits per heavy atom. The number of hydrogen-bond acceptors (Lipinski definition) is 18. The maximum Gasteiger partial charge on any atom is 0.418 e. The Bertz CT molecular complexity index is 4230. The number of carbonyl (C=O) groups is 5. The molecule has 9 heterocycles. The number of nitrogens with zero attached hydrogens (tertiary/aromatic N) is 10. The first kappa shape index (κ1) is 64.3. The van der Waals surface area contributed by atoms with Crippen LogP contribution in [0, 0.1) is 25.5 Å². The van der Waals surface area contributed by atoms with Gasteiger partial charge in [0.15, 0.2) is 5.82 Å². The van der Waals surface area contributed by atoms with Gasteiger partial charge in [-0.1, -0.05) is 25.1 Å². The van der Waals surface area contributed by atoms with Crippen LogP contribution in [-0.4, -0.2) is 170 Å². The van der Waals surface area contributed by atoms with Crippen molar-refractivity contribution < 1.29 is 70.0 Å². The minimum absolute atomic E-state index is 0.00886. The molecule has 0 bridgehead atoms. The molecule has 6 aromatic rings. The van der Waals surface area contributed by atoms with E-state index in [1.165, 1.54) is 45.4 Å². The van der Waals surface area contributed by atoms with Crippen molar-refractivity contribution in [3.8, 4) is 28.7 Å². The Morgan fingerprint density at radius 2 is 1.72 bits per heavy atom.